The van der Waals surface area contributed by atoms with Crippen LogP contribution in [0, 0.1) is 5.92 Å². The van der Waals surface area contributed by atoms with E-state index >= 15 is 0 Å². The minimum Gasteiger partial charge on any atom is -0.314 e. The van der Waals surface area contributed by atoms with E-state index < -0.39 is 0 Å². The highest BCUT2D eigenvalue weighted by Gasteiger charge is 2.34. The minimum atomic E-state index is 0.785. The normalized spacial score (nSPS) is 35.6. The molecule has 122 valence electrons. The summed E-state index contributed by atoms with van der Waals surface area (Å²) in [5.41, 5.74) is 0. The van der Waals surface area contributed by atoms with E-state index in [2.05, 4.69) is 27.5 Å². The number of rotatable bonds is 6. The van der Waals surface area contributed by atoms with Gasteiger partial charge in [0.25, 0.3) is 0 Å². The Kier molecular flexibility index (Phi) is 5.92. The quantitative estimate of drug-likeness (QED) is 0.719. The molecule has 0 aromatic rings. The molecular weight excluding hydrogens is 260 g/mol. The molecule has 0 aromatic carbocycles. The molecule has 2 saturated heterocycles. The molecule has 4 heteroatoms. The van der Waals surface area contributed by atoms with E-state index in [-0.39, 0.29) is 0 Å². The number of hydrogen-bond acceptors (Lipinski definition) is 4. The first-order chi connectivity index (χ1) is 10.3. The zero-order valence-corrected chi connectivity index (χ0v) is 13.8. The van der Waals surface area contributed by atoms with E-state index in [1.165, 1.54) is 84.3 Å². The predicted octanol–water partition coefficient (Wildman–Crippen LogP) is 1.13. The lowest BCUT2D eigenvalue weighted by atomic mass is 9.93. The Morgan fingerprint density at radius 2 is 1.90 bits per heavy atom. The van der Waals surface area contributed by atoms with E-state index in [1.807, 2.05) is 0 Å². The highest BCUT2D eigenvalue weighted by molar-refractivity contribution is 4.93. The third-order valence-electron chi connectivity index (χ3n) is 5.84. The number of nitrogens with zero attached hydrogens (tertiary/aromatic N) is 2. The van der Waals surface area contributed by atoms with Crippen molar-refractivity contribution < 1.29 is 0 Å². The maximum absolute atomic E-state index is 3.88. The lowest BCUT2D eigenvalue weighted by Gasteiger charge is -2.32. The molecule has 0 bridgehead atoms. The topological polar surface area (TPSA) is 30.5 Å². The van der Waals surface area contributed by atoms with E-state index in [9.17, 15) is 0 Å². The predicted molar refractivity (Wildman–Crippen MR) is 88.7 cm³/mol. The number of nitrogens with one attached hydrogen (secondary N) is 2. The van der Waals surface area contributed by atoms with E-state index in [0.29, 0.717) is 0 Å². The summed E-state index contributed by atoms with van der Waals surface area (Å²) in [5, 5.41) is 7.60. The van der Waals surface area contributed by atoms with Crippen molar-refractivity contribution in [1.29, 1.82) is 0 Å². The van der Waals surface area contributed by atoms with E-state index in [4.69, 9.17) is 0 Å². The van der Waals surface area contributed by atoms with Gasteiger partial charge in [-0.3, -0.25) is 0 Å². The van der Waals surface area contributed by atoms with Crippen LogP contribution in [0.3, 0.4) is 0 Å². The smallest absolute Gasteiger partial charge is 0.0111 e. The minimum absolute atomic E-state index is 0.785. The average Bonchev–Trinajstić information content (AvgIpc) is 3.16. The van der Waals surface area contributed by atoms with Gasteiger partial charge in [-0.05, 0) is 64.7 Å². The molecule has 3 unspecified atom stereocenters. The molecule has 0 spiro atoms. The van der Waals surface area contributed by atoms with Crippen molar-refractivity contribution in [2.24, 2.45) is 5.92 Å². The number of hydrogen-bond donors (Lipinski definition) is 2. The summed E-state index contributed by atoms with van der Waals surface area (Å²) in [6.45, 7) is 8.73. The maximum Gasteiger partial charge on any atom is 0.0111 e. The fraction of sp³-hybridized carbons (Fsp3) is 1.00. The number of likely N-dealkylation sites (N-methyl/N-ethyl adjacent to an activating group) is 1. The van der Waals surface area contributed by atoms with Gasteiger partial charge in [-0.25, -0.2) is 0 Å². The lowest BCUT2D eigenvalue weighted by Crippen LogP contribution is -2.46. The SMILES string of the molecule is CN1CCN(CCCNC2CCCC2C2CCCN2)CC1. The molecule has 3 rings (SSSR count). The van der Waals surface area contributed by atoms with Crippen LogP contribution in [0.1, 0.15) is 38.5 Å². The van der Waals surface area contributed by atoms with Gasteiger partial charge in [-0.1, -0.05) is 6.42 Å². The highest BCUT2D eigenvalue weighted by atomic mass is 15.2. The summed E-state index contributed by atoms with van der Waals surface area (Å²) < 4.78 is 0. The third-order valence-corrected chi connectivity index (χ3v) is 5.84. The molecule has 3 aliphatic rings. The monoisotopic (exact) mass is 294 g/mol. The molecule has 0 aromatic heterocycles. The maximum atomic E-state index is 3.88. The molecule has 4 nitrogen and oxygen atoms in total. The van der Waals surface area contributed by atoms with Crippen LogP contribution in [0.15, 0.2) is 0 Å². The van der Waals surface area contributed by atoms with Crippen molar-refractivity contribution in [2.75, 3.05) is 52.9 Å². The van der Waals surface area contributed by atoms with E-state index in [1.54, 1.807) is 0 Å². The van der Waals surface area contributed by atoms with Crippen molar-refractivity contribution in [2.45, 2.75) is 50.6 Å². The van der Waals surface area contributed by atoms with Crippen LogP contribution in [0.4, 0.5) is 0 Å². The Balaban J connectivity index is 1.31. The second-order valence-electron chi connectivity index (χ2n) is 7.36. The molecule has 2 heterocycles. The van der Waals surface area contributed by atoms with Crippen molar-refractivity contribution in [3.05, 3.63) is 0 Å². The third kappa shape index (κ3) is 4.41. The first-order valence-corrected chi connectivity index (χ1v) is 9.20. The van der Waals surface area contributed by atoms with Crippen molar-refractivity contribution in [3.63, 3.8) is 0 Å². The molecular formula is C17H34N4. The van der Waals surface area contributed by atoms with Gasteiger partial charge in [-0.15, -0.1) is 0 Å². The van der Waals surface area contributed by atoms with Crippen LogP contribution >= 0.6 is 0 Å². The first kappa shape index (κ1) is 15.7. The summed E-state index contributed by atoms with van der Waals surface area (Å²) in [5.74, 6) is 0.899. The van der Waals surface area contributed by atoms with Crippen LogP contribution in [0.2, 0.25) is 0 Å². The van der Waals surface area contributed by atoms with E-state index in [0.717, 1.165) is 18.0 Å². The second-order valence-corrected chi connectivity index (χ2v) is 7.36. The molecule has 2 aliphatic heterocycles. The molecule has 3 atom stereocenters. The summed E-state index contributed by atoms with van der Waals surface area (Å²) in [6, 6.07) is 1.59. The second kappa shape index (κ2) is 7.91. The summed E-state index contributed by atoms with van der Waals surface area (Å²) >= 11 is 0. The average molecular weight is 294 g/mol. The van der Waals surface area contributed by atoms with Gasteiger partial charge in [0.05, 0.1) is 0 Å². The van der Waals surface area contributed by atoms with Gasteiger partial charge >= 0.3 is 0 Å². The Morgan fingerprint density at radius 3 is 2.67 bits per heavy atom. The standard InChI is InChI=1S/C17H34N4/c1-20-11-13-21(14-12-20)10-4-9-19-16-6-2-5-15(16)17-7-3-8-18-17/h15-19H,2-14H2,1H3. The number of piperazine rings is 1. The zero-order chi connectivity index (χ0) is 14.5. The molecule has 1 saturated carbocycles. The van der Waals surface area contributed by atoms with Crippen LogP contribution in [0.5, 0.6) is 0 Å². The Hall–Kier alpha value is -0.160. The van der Waals surface area contributed by atoms with Gasteiger partial charge < -0.3 is 20.4 Å². The van der Waals surface area contributed by atoms with Gasteiger partial charge in [0.2, 0.25) is 0 Å². The fourth-order valence-corrected chi connectivity index (χ4v) is 4.46. The van der Waals surface area contributed by atoms with Crippen LogP contribution in [-0.4, -0.2) is 74.7 Å². The zero-order valence-electron chi connectivity index (χ0n) is 13.8. The van der Waals surface area contributed by atoms with Gasteiger partial charge in [0.15, 0.2) is 0 Å². The molecule has 3 fully saturated rings. The van der Waals surface area contributed by atoms with Crippen molar-refractivity contribution in [1.82, 2.24) is 20.4 Å². The Morgan fingerprint density at radius 1 is 1.05 bits per heavy atom. The first-order valence-electron chi connectivity index (χ1n) is 9.20. The van der Waals surface area contributed by atoms with Gasteiger partial charge in [0, 0.05) is 38.3 Å². The fourth-order valence-electron chi connectivity index (χ4n) is 4.46. The van der Waals surface area contributed by atoms with Crippen LogP contribution < -0.4 is 10.6 Å². The summed E-state index contributed by atoms with van der Waals surface area (Å²) in [6.07, 6.45) is 8.37. The van der Waals surface area contributed by atoms with Crippen LogP contribution in [-0.2, 0) is 0 Å². The molecule has 2 N–H and O–H groups in total. The molecule has 1 aliphatic carbocycles. The largest absolute Gasteiger partial charge is 0.314 e. The van der Waals surface area contributed by atoms with Crippen molar-refractivity contribution in [3.8, 4) is 0 Å². The summed E-state index contributed by atoms with van der Waals surface area (Å²) in [7, 11) is 2.23. The Labute approximate surface area is 130 Å². The molecule has 0 amide bonds. The van der Waals surface area contributed by atoms with Crippen molar-refractivity contribution >= 4 is 0 Å². The Bertz CT molecular complexity index is 295. The molecule has 21 heavy (non-hydrogen) atoms. The van der Waals surface area contributed by atoms with Gasteiger partial charge in [-0.2, -0.15) is 0 Å². The highest BCUT2D eigenvalue weighted by Crippen LogP contribution is 2.31. The lowest BCUT2D eigenvalue weighted by molar-refractivity contribution is 0.152. The van der Waals surface area contributed by atoms with Crippen LogP contribution in [0.25, 0.3) is 0 Å². The van der Waals surface area contributed by atoms with Gasteiger partial charge in [0.1, 0.15) is 0 Å². The molecule has 0 radical (unpaired) electrons. The summed E-state index contributed by atoms with van der Waals surface area (Å²) in [4.78, 5) is 5.07.